The monoisotopic (exact) mass is 245 g/mol. The Morgan fingerprint density at radius 3 is 2.19 bits per heavy atom. The van der Waals surface area contributed by atoms with Crippen LogP contribution in [0.2, 0.25) is 0 Å². The Kier molecular flexibility index (Phi) is 3.23. The summed E-state index contributed by atoms with van der Waals surface area (Å²) in [5.41, 5.74) is 0. The third-order valence-electron chi connectivity index (χ3n) is 1.77. The van der Waals surface area contributed by atoms with Gasteiger partial charge in [0.25, 0.3) is 9.84 Å². The first-order valence-electron chi connectivity index (χ1n) is 4.02. The van der Waals surface area contributed by atoms with Gasteiger partial charge in [-0.1, -0.05) is 18.2 Å². The van der Waals surface area contributed by atoms with Gasteiger partial charge in [0.1, 0.15) is 0 Å². The van der Waals surface area contributed by atoms with Crippen molar-refractivity contribution >= 4 is 15.8 Å². The molecule has 0 aliphatic heterocycles. The Hall–Kier alpha value is -1.96. The van der Waals surface area contributed by atoms with Crippen molar-refractivity contribution in [2.24, 2.45) is 0 Å². The van der Waals surface area contributed by atoms with Crippen LogP contribution in [0.1, 0.15) is 0 Å². The largest absolute Gasteiger partial charge is 0.475 e. The first kappa shape index (κ1) is 12.1. The van der Waals surface area contributed by atoms with E-state index >= 15 is 0 Å². The standard InChI is InChI=1S/C8H7NO6S/c10-8(11)7(9(12)13)16(14,15)6-4-2-1-3-5-6/h1-5,7H,(H,10,11). The molecule has 0 radical (unpaired) electrons. The molecule has 0 aliphatic rings. The fourth-order valence-corrected chi connectivity index (χ4v) is 2.36. The summed E-state index contributed by atoms with van der Waals surface area (Å²) < 4.78 is 23.2. The van der Waals surface area contributed by atoms with E-state index in [9.17, 15) is 23.3 Å². The van der Waals surface area contributed by atoms with Crippen LogP contribution in [-0.4, -0.2) is 29.8 Å². The van der Waals surface area contributed by atoms with Gasteiger partial charge in [-0.3, -0.25) is 10.1 Å². The highest BCUT2D eigenvalue weighted by molar-refractivity contribution is 7.92. The molecule has 1 aromatic rings. The molecule has 1 atom stereocenters. The minimum Gasteiger partial charge on any atom is -0.475 e. The lowest BCUT2D eigenvalue weighted by Gasteiger charge is -2.05. The summed E-state index contributed by atoms with van der Waals surface area (Å²) in [7, 11) is -4.50. The van der Waals surface area contributed by atoms with Crippen LogP contribution in [0.15, 0.2) is 35.2 Å². The molecular formula is C8H7NO6S. The first-order chi connectivity index (χ1) is 7.37. The second-order valence-electron chi connectivity index (χ2n) is 2.83. The van der Waals surface area contributed by atoms with Crippen LogP contribution < -0.4 is 0 Å². The van der Waals surface area contributed by atoms with Crippen molar-refractivity contribution < 1.29 is 23.2 Å². The summed E-state index contributed by atoms with van der Waals surface area (Å²) in [6.07, 6.45) is 0. The van der Waals surface area contributed by atoms with Crippen molar-refractivity contribution in [3.63, 3.8) is 0 Å². The lowest BCUT2D eigenvalue weighted by Crippen LogP contribution is -2.37. The van der Waals surface area contributed by atoms with Gasteiger partial charge in [0, 0.05) is 0 Å². The topological polar surface area (TPSA) is 115 Å². The van der Waals surface area contributed by atoms with Crippen LogP contribution in [-0.2, 0) is 14.6 Å². The number of nitrogens with zero attached hydrogens (tertiary/aromatic N) is 1. The average molecular weight is 245 g/mol. The summed E-state index contributed by atoms with van der Waals surface area (Å²) in [6.45, 7) is 0. The van der Waals surface area contributed by atoms with Gasteiger partial charge in [-0.2, -0.15) is 0 Å². The highest BCUT2D eigenvalue weighted by Gasteiger charge is 2.44. The summed E-state index contributed by atoms with van der Waals surface area (Å²) >= 11 is 0. The minimum absolute atomic E-state index is 0.390. The molecule has 1 rings (SSSR count). The number of aliphatic carboxylic acids is 1. The Bertz CT molecular complexity index is 495. The number of nitro groups is 1. The van der Waals surface area contributed by atoms with Crippen LogP contribution in [0.4, 0.5) is 0 Å². The van der Waals surface area contributed by atoms with Gasteiger partial charge in [-0.15, -0.1) is 0 Å². The summed E-state index contributed by atoms with van der Waals surface area (Å²) in [5.74, 6) is -2.01. The zero-order valence-corrected chi connectivity index (χ0v) is 8.62. The van der Waals surface area contributed by atoms with E-state index in [4.69, 9.17) is 5.11 Å². The molecule has 0 fully saturated rings. The molecule has 0 saturated heterocycles. The molecule has 0 bridgehead atoms. The molecule has 1 unspecified atom stereocenters. The molecule has 0 amide bonds. The molecule has 1 N–H and O–H groups in total. The molecule has 0 aromatic heterocycles. The van der Waals surface area contributed by atoms with Crippen molar-refractivity contribution in [3.8, 4) is 0 Å². The third-order valence-corrected chi connectivity index (χ3v) is 3.66. The van der Waals surface area contributed by atoms with E-state index in [0.717, 1.165) is 12.1 Å². The predicted octanol–water partition coefficient (Wildman–Crippen LogP) is 0.148. The van der Waals surface area contributed by atoms with Gasteiger partial charge in [-0.25, -0.2) is 13.2 Å². The lowest BCUT2D eigenvalue weighted by atomic mass is 10.4. The predicted molar refractivity (Wildman–Crippen MR) is 52.0 cm³/mol. The molecule has 0 heterocycles. The second kappa shape index (κ2) is 4.27. The summed E-state index contributed by atoms with van der Waals surface area (Å²) in [6, 6.07) is 6.43. The zero-order chi connectivity index (χ0) is 12.3. The van der Waals surface area contributed by atoms with Gasteiger partial charge in [0.05, 0.1) is 9.82 Å². The van der Waals surface area contributed by atoms with Crippen molar-refractivity contribution in [2.45, 2.75) is 10.3 Å². The molecule has 16 heavy (non-hydrogen) atoms. The highest BCUT2D eigenvalue weighted by Crippen LogP contribution is 2.16. The van der Waals surface area contributed by atoms with E-state index in [1.54, 1.807) is 0 Å². The average Bonchev–Trinajstić information content (AvgIpc) is 2.17. The van der Waals surface area contributed by atoms with Crippen molar-refractivity contribution in [1.29, 1.82) is 0 Å². The quantitative estimate of drug-likeness (QED) is 0.596. The highest BCUT2D eigenvalue weighted by atomic mass is 32.2. The van der Waals surface area contributed by atoms with Crippen LogP contribution in [0, 0.1) is 10.1 Å². The molecule has 1 aromatic carbocycles. The van der Waals surface area contributed by atoms with Crippen LogP contribution >= 0.6 is 0 Å². The number of sulfone groups is 1. The number of rotatable bonds is 4. The van der Waals surface area contributed by atoms with E-state index < -0.39 is 26.1 Å². The second-order valence-corrected chi connectivity index (χ2v) is 4.84. The summed E-state index contributed by atoms with van der Waals surface area (Å²) in [4.78, 5) is 19.2. The Balaban J connectivity index is 3.31. The minimum atomic E-state index is -4.50. The third kappa shape index (κ3) is 2.16. The SMILES string of the molecule is O=C(O)C([N+](=O)[O-])S(=O)(=O)c1ccccc1. The maximum Gasteiger partial charge on any atom is 0.408 e. The van der Waals surface area contributed by atoms with E-state index in [0.29, 0.717) is 0 Å². The smallest absolute Gasteiger partial charge is 0.408 e. The molecule has 0 saturated carbocycles. The van der Waals surface area contributed by atoms with Gasteiger partial charge >= 0.3 is 11.3 Å². The number of hydrogen-bond acceptors (Lipinski definition) is 5. The number of hydrogen-bond donors (Lipinski definition) is 1. The van der Waals surface area contributed by atoms with E-state index in [1.165, 1.54) is 18.2 Å². The maximum atomic E-state index is 11.6. The molecule has 7 nitrogen and oxygen atoms in total. The zero-order valence-electron chi connectivity index (χ0n) is 7.81. The van der Waals surface area contributed by atoms with E-state index in [1.807, 2.05) is 0 Å². The fourth-order valence-electron chi connectivity index (χ4n) is 1.08. The summed E-state index contributed by atoms with van der Waals surface area (Å²) in [5, 5.41) is 16.3. The van der Waals surface area contributed by atoms with Crippen LogP contribution in [0.25, 0.3) is 0 Å². The Labute approximate surface area is 90.4 Å². The van der Waals surface area contributed by atoms with Crippen molar-refractivity contribution in [3.05, 3.63) is 40.4 Å². The molecular weight excluding hydrogens is 238 g/mol. The van der Waals surface area contributed by atoms with Gasteiger partial charge < -0.3 is 5.11 Å². The van der Waals surface area contributed by atoms with Gasteiger partial charge in [-0.05, 0) is 12.1 Å². The molecule has 0 spiro atoms. The van der Waals surface area contributed by atoms with Gasteiger partial charge in [0.2, 0.25) is 0 Å². The lowest BCUT2D eigenvalue weighted by molar-refractivity contribution is -0.486. The Morgan fingerprint density at radius 2 is 1.81 bits per heavy atom. The normalized spacial score (nSPS) is 13.0. The van der Waals surface area contributed by atoms with Crippen molar-refractivity contribution in [2.75, 3.05) is 0 Å². The molecule has 86 valence electrons. The maximum absolute atomic E-state index is 11.6. The van der Waals surface area contributed by atoms with Gasteiger partial charge in [0.15, 0.2) is 0 Å². The van der Waals surface area contributed by atoms with Crippen LogP contribution in [0.3, 0.4) is 0 Å². The molecule has 8 heteroatoms. The number of carbonyl (C=O) groups is 1. The van der Waals surface area contributed by atoms with Crippen molar-refractivity contribution in [1.82, 2.24) is 0 Å². The van der Waals surface area contributed by atoms with E-state index in [2.05, 4.69) is 0 Å². The van der Waals surface area contributed by atoms with Crippen LogP contribution in [0.5, 0.6) is 0 Å². The Morgan fingerprint density at radius 1 is 1.31 bits per heavy atom. The number of carboxylic acids is 1. The fraction of sp³-hybridized carbons (Fsp3) is 0.125. The number of carboxylic acid groups (broad SMARTS) is 1. The van der Waals surface area contributed by atoms with E-state index in [-0.39, 0.29) is 4.90 Å². The number of benzene rings is 1. The first-order valence-corrected chi connectivity index (χ1v) is 5.57. The molecule has 0 aliphatic carbocycles.